The maximum absolute atomic E-state index is 12.2. The van der Waals surface area contributed by atoms with Gasteiger partial charge >= 0.3 is 0 Å². The first-order valence-corrected chi connectivity index (χ1v) is 7.59. The van der Waals surface area contributed by atoms with Crippen LogP contribution in [0, 0.1) is 12.3 Å². The molecule has 17 heavy (non-hydrogen) atoms. The van der Waals surface area contributed by atoms with E-state index in [1.54, 1.807) is 11.4 Å². The van der Waals surface area contributed by atoms with Crippen molar-refractivity contribution < 1.29 is 8.42 Å². The number of nitrogens with zero attached hydrogens (tertiary/aromatic N) is 1. The molecule has 0 aliphatic carbocycles. The van der Waals surface area contributed by atoms with E-state index in [0.717, 1.165) is 12.0 Å². The number of hydrogen-bond acceptors (Lipinski definition) is 4. The lowest BCUT2D eigenvalue weighted by Gasteiger charge is -2.17. The summed E-state index contributed by atoms with van der Waals surface area (Å²) in [6.45, 7) is 2.79. The Hall–Kier alpha value is -0.870. The van der Waals surface area contributed by atoms with E-state index in [-0.39, 0.29) is 6.54 Å². The standard InChI is InChI=1S/C11H16N2O2S2/c1-3-5-13(6-4-2)17(14,15)11-7-10(8-12)9-16-11/h1,7,9H,4-6,8,12H2,2H3. The molecule has 0 aliphatic rings. The molecule has 0 spiro atoms. The maximum atomic E-state index is 12.2. The van der Waals surface area contributed by atoms with Crippen molar-refractivity contribution in [2.45, 2.75) is 24.1 Å². The highest BCUT2D eigenvalue weighted by Gasteiger charge is 2.24. The van der Waals surface area contributed by atoms with Crippen molar-refractivity contribution in [3.63, 3.8) is 0 Å². The van der Waals surface area contributed by atoms with E-state index in [0.29, 0.717) is 17.3 Å². The Kier molecular flexibility index (Phi) is 5.15. The van der Waals surface area contributed by atoms with E-state index >= 15 is 0 Å². The SMILES string of the molecule is C#CCN(CCC)S(=O)(=O)c1cc(CN)cs1. The van der Waals surface area contributed by atoms with Gasteiger partial charge in [0.25, 0.3) is 10.0 Å². The van der Waals surface area contributed by atoms with Gasteiger partial charge in [0.15, 0.2) is 0 Å². The van der Waals surface area contributed by atoms with Crippen molar-refractivity contribution >= 4 is 21.4 Å². The predicted molar refractivity (Wildman–Crippen MR) is 70.1 cm³/mol. The monoisotopic (exact) mass is 272 g/mol. The molecule has 6 heteroatoms. The smallest absolute Gasteiger partial charge is 0.253 e. The first-order valence-electron chi connectivity index (χ1n) is 5.27. The van der Waals surface area contributed by atoms with Gasteiger partial charge in [-0.25, -0.2) is 8.42 Å². The number of thiophene rings is 1. The van der Waals surface area contributed by atoms with E-state index in [9.17, 15) is 8.42 Å². The number of rotatable bonds is 6. The van der Waals surface area contributed by atoms with Gasteiger partial charge in [0.2, 0.25) is 0 Å². The molecule has 0 unspecified atom stereocenters. The van der Waals surface area contributed by atoms with Gasteiger partial charge in [-0.1, -0.05) is 12.8 Å². The average molecular weight is 272 g/mol. The molecule has 0 atom stereocenters. The molecular formula is C11H16N2O2S2. The number of sulfonamides is 1. The molecule has 4 nitrogen and oxygen atoms in total. The van der Waals surface area contributed by atoms with Gasteiger partial charge in [-0.05, 0) is 23.4 Å². The summed E-state index contributed by atoms with van der Waals surface area (Å²) in [6, 6.07) is 1.61. The van der Waals surface area contributed by atoms with Gasteiger partial charge in [0.1, 0.15) is 4.21 Å². The summed E-state index contributed by atoms with van der Waals surface area (Å²) in [6.07, 6.45) is 5.93. The molecule has 2 N–H and O–H groups in total. The van der Waals surface area contributed by atoms with Crippen LogP contribution in [0.3, 0.4) is 0 Å². The van der Waals surface area contributed by atoms with Crippen LogP contribution in [0.25, 0.3) is 0 Å². The Bertz CT molecular complexity index is 500. The highest BCUT2D eigenvalue weighted by Crippen LogP contribution is 2.23. The fraction of sp³-hybridized carbons (Fsp3) is 0.455. The zero-order chi connectivity index (χ0) is 12.9. The van der Waals surface area contributed by atoms with Crippen LogP contribution in [-0.2, 0) is 16.6 Å². The first-order chi connectivity index (χ1) is 8.06. The van der Waals surface area contributed by atoms with Crippen molar-refractivity contribution in [3.05, 3.63) is 17.0 Å². The minimum absolute atomic E-state index is 0.103. The fourth-order valence-electron chi connectivity index (χ4n) is 1.36. The minimum Gasteiger partial charge on any atom is -0.326 e. The lowest BCUT2D eigenvalue weighted by Crippen LogP contribution is -2.31. The molecule has 0 saturated heterocycles. The molecule has 1 heterocycles. The number of hydrogen-bond donors (Lipinski definition) is 1. The second kappa shape index (κ2) is 6.17. The van der Waals surface area contributed by atoms with Gasteiger partial charge < -0.3 is 5.73 Å². The van der Waals surface area contributed by atoms with Crippen LogP contribution >= 0.6 is 11.3 Å². The molecule has 0 radical (unpaired) electrons. The summed E-state index contributed by atoms with van der Waals surface area (Å²) in [4.78, 5) is 0. The highest BCUT2D eigenvalue weighted by atomic mass is 32.2. The molecule has 0 saturated carbocycles. The van der Waals surface area contributed by atoms with E-state index in [4.69, 9.17) is 12.2 Å². The zero-order valence-corrected chi connectivity index (χ0v) is 11.4. The molecule has 1 rings (SSSR count). The Morgan fingerprint density at radius 3 is 2.76 bits per heavy atom. The molecule has 94 valence electrons. The second-order valence-electron chi connectivity index (χ2n) is 3.52. The van der Waals surface area contributed by atoms with Crippen molar-refractivity contribution in [2.75, 3.05) is 13.1 Å². The van der Waals surface area contributed by atoms with Crippen molar-refractivity contribution in [1.29, 1.82) is 0 Å². The van der Waals surface area contributed by atoms with E-state index in [2.05, 4.69) is 5.92 Å². The second-order valence-corrected chi connectivity index (χ2v) is 6.60. The van der Waals surface area contributed by atoms with E-state index in [1.807, 2.05) is 6.92 Å². The molecule has 0 fully saturated rings. The largest absolute Gasteiger partial charge is 0.326 e. The third-order valence-electron chi connectivity index (χ3n) is 2.20. The Balaban J connectivity index is 3.03. The summed E-state index contributed by atoms with van der Waals surface area (Å²) in [5.41, 5.74) is 6.29. The predicted octanol–water partition coefficient (Wildman–Crippen LogP) is 1.24. The molecule has 0 aliphatic heterocycles. The Morgan fingerprint density at radius 1 is 1.59 bits per heavy atom. The van der Waals surface area contributed by atoms with E-state index in [1.165, 1.54) is 15.6 Å². The topological polar surface area (TPSA) is 63.4 Å². The van der Waals surface area contributed by atoms with Crippen molar-refractivity contribution in [2.24, 2.45) is 5.73 Å². The fourth-order valence-corrected chi connectivity index (χ4v) is 4.18. The number of terminal acetylenes is 1. The lowest BCUT2D eigenvalue weighted by molar-refractivity contribution is 0.447. The lowest BCUT2D eigenvalue weighted by atomic mass is 10.4. The van der Waals surface area contributed by atoms with Crippen molar-refractivity contribution in [3.8, 4) is 12.3 Å². The minimum atomic E-state index is -3.46. The summed E-state index contributed by atoms with van der Waals surface area (Å²) in [5, 5.41) is 1.76. The van der Waals surface area contributed by atoms with Crippen LogP contribution in [0.4, 0.5) is 0 Å². The van der Waals surface area contributed by atoms with E-state index < -0.39 is 10.0 Å². The highest BCUT2D eigenvalue weighted by molar-refractivity contribution is 7.91. The average Bonchev–Trinajstić information content (AvgIpc) is 2.78. The van der Waals surface area contributed by atoms with Crippen LogP contribution in [0.15, 0.2) is 15.7 Å². The quantitative estimate of drug-likeness (QED) is 0.793. The Morgan fingerprint density at radius 2 is 2.29 bits per heavy atom. The van der Waals surface area contributed by atoms with Crippen LogP contribution in [-0.4, -0.2) is 25.8 Å². The molecule has 0 bridgehead atoms. The molecule has 1 aromatic rings. The Labute approximate surface area is 106 Å². The third kappa shape index (κ3) is 3.30. The summed E-state index contributed by atoms with van der Waals surface area (Å²) in [7, 11) is -3.46. The summed E-state index contributed by atoms with van der Waals surface area (Å²) < 4.78 is 26.1. The normalized spacial score (nSPS) is 11.6. The first kappa shape index (κ1) is 14.2. The van der Waals surface area contributed by atoms with Gasteiger partial charge in [-0.15, -0.1) is 17.8 Å². The number of nitrogens with two attached hydrogens (primary N) is 1. The van der Waals surface area contributed by atoms with Crippen LogP contribution in [0.2, 0.25) is 0 Å². The summed E-state index contributed by atoms with van der Waals surface area (Å²) in [5.74, 6) is 2.38. The van der Waals surface area contributed by atoms with Crippen LogP contribution in [0.5, 0.6) is 0 Å². The van der Waals surface area contributed by atoms with Crippen LogP contribution < -0.4 is 5.73 Å². The van der Waals surface area contributed by atoms with Gasteiger partial charge in [0.05, 0.1) is 6.54 Å². The molecular weight excluding hydrogens is 256 g/mol. The molecule has 1 aromatic heterocycles. The van der Waals surface area contributed by atoms with Crippen LogP contribution in [0.1, 0.15) is 18.9 Å². The maximum Gasteiger partial charge on any atom is 0.253 e. The third-order valence-corrected chi connectivity index (χ3v) is 5.51. The zero-order valence-electron chi connectivity index (χ0n) is 9.72. The van der Waals surface area contributed by atoms with Crippen molar-refractivity contribution in [1.82, 2.24) is 4.31 Å². The van der Waals surface area contributed by atoms with Gasteiger partial charge in [0, 0.05) is 13.1 Å². The van der Waals surface area contributed by atoms with Gasteiger partial charge in [-0.3, -0.25) is 0 Å². The van der Waals surface area contributed by atoms with Gasteiger partial charge in [-0.2, -0.15) is 4.31 Å². The molecule has 0 amide bonds. The summed E-state index contributed by atoms with van der Waals surface area (Å²) >= 11 is 1.18. The molecule has 0 aromatic carbocycles.